The van der Waals surface area contributed by atoms with Gasteiger partial charge in [-0.2, -0.15) is 4.98 Å². The smallest absolute Gasteiger partial charge is 0.229 e. The van der Waals surface area contributed by atoms with Gasteiger partial charge in [-0.25, -0.2) is 14.0 Å². The van der Waals surface area contributed by atoms with E-state index in [0.717, 1.165) is 11.3 Å². The second kappa shape index (κ2) is 10.1. The lowest BCUT2D eigenvalue weighted by Crippen LogP contribution is -2.21. The number of hydrogen-bond acceptors (Lipinski definition) is 8. The van der Waals surface area contributed by atoms with Gasteiger partial charge in [-0.15, -0.1) is 0 Å². The molecule has 32 heavy (non-hydrogen) atoms. The van der Waals surface area contributed by atoms with Crippen LogP contribution in [0, 0.1) is 16.6 Å². The summed E-state index contributed by atoms with van der Waals surface area (Å²) in [4.78, 5) is 9.25. The molecular weight excluding hydrogens is 426 g/mol. The van der Waals surface area contributed by atoms with E-state index in [4.69, 9.17) is 9.52 Å². The molecule has 3 aromatic rings. The van der Waals surface area contributed by atoms with Crippen molar-refractivity contribution in [2.75, 3.05) is 30.6 Å². The highest BCUT2D eigenvalue weighted by Gasteiger charge is 2.10. The largest absolute Gasteiger partial charge is 0.497 e. The second-order valence-corrected chi connectivity index (χ2v) is 9.32. The van der Waals surface area contributed by atoms with E-state index in [2.05, 4.69) is 32.4 Å². The Morgan fingerprint density at radius 2 is 1.97 bits per heavy atom. The molecule has 0 saturated heterocycles. The first-order valence-electron chi connectivity index (χ1n) is 9.80. The number of nitrogens with zero attached hydrogens (tertiary/aromatic N) is 2. The predicted octanol–water partition coefficient (Wildman–Crippen LogP) is 3.46. The highest BCUT2D eigenvalue weighted by Crippen LogP contribution is 2.21. The lowest BCUT2D eigenvalue weighted by molar-refractivity contribution is 0.281. The maximum Gasteiger partial charge on any atom is 0.229 e. The number of ether oxygens (including phenoxy) is 1. The Morgan fingerprint density at radius 3 is 2.62 bits per heavy atom. The van der Waals surface area contributed by atoms with Crippen LogP contribution in [0.15, 0.2) is 59.6 Å². The van der Waals surface area contributed by atoms with Gasteiger partial charge in [-0.3, -0.25) is 0 Å². The van der Waals surface area contributed by atoms with Crippen LogP contribution in [-0.2, 0) is 9.73 Å². The lowest BCUT2D eigenvalue weighted by atomic mass is 10.2. The maximum absolute atomic E-state index is 12.0. The van der Waals surface area contributed by atoms with Gasteiger partial charge in [0, 0.05) is 28.4 Å². The third kappa shape index (κ3) is 6.20. The molecule has 0 spiro atoms. The first kappa shape index (κ1) is 23.1. The number of methoxy groups -OCH3 is 1. The van der Waals surface area contributed by atoms with Crippen LogP contribution in [0.4, 0.5) is 17.5 Å². The SMILES string of the molecule is COc1ccc(C#Cc2cnc(Nc3cccc(S(C)(=N)=O)c3)nc2N[C@H](C)CO)cc1. The van der Waals surface area contributed by atoms with Gasteiger partial charge in [0.2, 0.25) is 5.95 Å². The molecule has 0 fully saturated rings. The summed E-state index contributed by atoms with van der Waals surface area (Å²) in [7, 11) is -1.23. The first-order valence-corrected chi connectivity index (χ1v) is 11.8. The Labute approximate surface area is 188 Å². The van der Waals surface area contributed by atoms with Gasteiger partial charge in [-0.05, 0) is 49.4 Å². The Balaban J connectivity index is 1.90. The van der Waals surface area contributed by atoms with Gasteiger partial charge in [0.1, 0.15) is 11.6 Å². The van der Waals surface area contributed by atoms with E-state index in [0.29, 0.717) is 27.9 Å². The molecule has 0 radical (unpaired) electrons. The second-order valence-electron chi connectivity index (χ2n) is 7.16. The van der Waals surface area contributed by atoms with Crippen molar-refractivity contribution < 1.29 is 14.1 Å². The van der Waals surface area contributed by atoms with Gasteiger partial charge in [0.05, 0.1) is 35.2 Å². The Hall–Kier alpha value is -3.61. The average molecular weight is 452 g/mol. The van der Waals surface area contributed by atoms with Crippen LogP contribution < -0.4 is 15.4 Å². The molecule has 0 aliphatic carbocycles. The van der Waals surface area contributed by atoms with E-state index in [1.165, 1.54) is 6.26 Å². The molecule has 8 nitrogen and oxygen atoms in total. The van der Waals surface area contributed by atoms with E-state index in [1.807, 2.05) is 31.2 Å². The molecule has 3 rings (SSSR count). The fraction of sp³-hybridized carbons (Fsp3) is 0.217. The molecule has 2 atom stereocenters. The summed E-state index contributed by atoms with van der Waals surface area (Å²) < 4.78 is 24.9. The predicted molar refractivity (Wildman–Crippen MR) is 126 cm³/mol. The molecule has 166 valence electrons. The molecule has 0 saturated carbocycles. The van der Waals surface area contributed by atoms with E-state index >= 15 is 0 Å². The van der Waals surface area contributed by atoms with Crippen LogP contribution in [-0.4, -0.2) is 45.3 Å². The van der Waals surface area contributed by atoms with Crippen LogP contribution in [0.1, 0.15) is 18.1 Å². The van der Waals surface area contributed by atoms with Gasteiger partial charge in [0.25, 0.3) is 0 Å². The fourth-order valence-electron chi connectivity index (χ4n) is 2.68. The average Bonchev–Trinajstić information content (AvgIpc) is 2.78. The zero-order valence-electron chi connectivity index (χ0n) is 18.0. The molecule has 0 bridgehead atoms. The number of aliphatic hydroxyl groups is 1. The number of anilines is 3. The fourth-order valence-corrected chi connectivity index (χ4v) is 3.37. The summed E-state index contributed by atoms with van der Waals surface area (Å²) in [6.45, 7) is 1.75. The first-order chi connectivity index (χ1) is 15.3. The topological polar surface area (TPSA) is 120 Å². The van der Waals surface area contributed by atoms with E-state index < -0.39 is 9.73 Å². The van der Waals surface area contributed by atoms with E-state index in [9.17, 15) is 9.32 Å². The normalized spacial score (nSPS) is 13.2. The Bertz CT molecular complexity index is 1250. The lowest BCUT2D eigenvalue weighted by Gasteiger charge is -2.14. The molecule has 4 N–H and O–H groups in total. The third-order valence-corrected chi connectivity index (χ3v) is 5.57. The maximum atomic E-state index is 12.0. The molecule has 1 aromatic heterocycles. The molecule has 0 amide bonds. The zero-order chi connectivity index (χ0) is 23.1. The summed E-state index contributed by atoms with van der Waals surface area (Å²) >= 11 is 0. The van der Waals surface area contributed by atoms with Gasteiger partial charge >= 0.3 is 0 Å². The minimum Gasteiger partial charge on any atom is -0.497 e. The van der Waals surface area contributed by atoms with Crippen molar-refractivity contribution in [3.63, 3.8) is 0 Å². The molecule has 0 aliphatic rings. The standard InChI is InChI=1S/C23H25N5O3S/c1-16(15-29)26-22-18(10-7-17-8-11-20(31-2)12-9-17)14-25-23(28-22)27-19-5-4-6-21(13-19)32(3,24)30/h4-6,8-9,11-14,16,24,29H,15H2,1-3H3,(H2,25,26,27,28)/t16-,32?/m1/s1. The zero-order valence-corrected chi connectivity index (χ0v) is 18.9. The summed E-state index contributed by atoms with van der Waals surface area (Å²) in [5.41, 5.74) is 2.00. The minimum atomic E-state index is -2.84. The van der Waals surface area contributed by atoms with Crippen molar-refractivity contribution in [2.45, 2.75) is 17.9 Å². The van der Waals surface area contributed by atoms with Crippen LogP contribution >= 0.6 is 0 Å². The molecule has 2 aromatic carbocycles. The van der Waals surface area contributed by atoms with Gasteiger partial charge in [0.15, 0.2) is 0 Å². The number of hydrogen-bond donors (Lipinski definition) is 4. The number of benzene rings is 2. The number of aromatic nitrogens is 2. The molecule has 1 heterocycles. The van der Waals surface area contributed by atoms with Crippen molar-refractivity contribution in [1.82, 2.24) is 9.97 Å². The number of rotatable bonds is 7. The molecular formula is C23H25N5O3S. The number of nitrogens with one attached hydrogen (secondary N) is 3. The van der Waals surface area contributed by atoms with Crippen molar-refractivity contribution >= 4 is 27.2 Å². The third-order valence-electron chi connectivity index (χ3n) is 4.42. The van der Waals surface area contributed by atoms with E-state index in [-0.39, 0.29) is 12.6 Å². The Kier molecular flexibility index (Phi) is 7.30. The van der Waals surface area contributed by atoms with Crippen LogP contribution in [0.2, 0.25) is 0 Å². The quantitative estimate of drug-likeness (QED) is 0.406. The van der Waals surface area contributed by atoms with Crippen LogP contribution in [0.25, 0.3) is 0 Å². The minimum absolute atomic E-state index is 0.0749. The van der Waals surface area contributed by atoms with Crippen molar-refractivity contribution in [2.24, 2.45) is 0 Å². The Morgan fingerprint density at radius 1 is 1.22 bits per heavy atom. The van der Waals surface area contributed by atoms with Gasteiger partial charge in [-0.1, -0.05) is 17.9 Å². The molecule has 9 heteroatoms. The summed E-state index contributed by atoms with van der Waals surface area (Å²) in [6.07, 6.45) is 2.97. The highest BCUT2D eigenvalue weighted by molar-refractivity contribution is 7.91. The number of aliphatic hydroxyl groups excluding tert-OH is 1. The van der Waals surface area contributed by atoms with Gasteiger partial charge < -0.3 is 20.5 Å². The highest BCUT2D eigenvalue weighted by atomic mass is 32.2. The molecule has 1 unspecified atom stereocenters. The van der Waals surface area contributed by atoms with Crippen molar-refractivity contribution in [3.8, 4) is 17.6 Å². The van der Waals surface area contributed by atoms with Crippen LogP contribution in [0.5, 0.6) is 5.75 Å². The summed E-state index contributed by atoms with van der Waals surface area (Å²) in [6, 6.07) is 13.9. The van der Waals surface area contributed by atoms with E-state index in [1.54, 1.807) is 37.6 Å². The van der Waals surface area contributed by atoms with Crippen LogP contribution in [0.3, 0.4) is 0 Å². The monoisotopic (exact) mass is 451 g/mol. The molecule has 0 aliphatic heterocycles. The van der Waals surface area contributed by atoms with Crippen molar-refractivity contribution in [3.05, 3.63) is 65.9 Å². The summed E-state index contributed by atoms with van der Waals surface area (Å²) in [5.74, 6) is 7.67. The summed E-state index contributed by atoms with van der Waals surface area (Å²) in [5, 5.41) is 15.6. The van der Waals surface area contributed by atoms with Crippen molar-refractivity contribution in [1.29, 1.82) is 4.78 Å².